The molecule has 40 valence electrons. The van der Waals surface area contributed by atoms with Gasteiger partial charge in [-0.15, -0.1) is 0 Å². The van der Waals surface area contributed by atoms with E-state index in [1.807, 2.05) is 0 Å². The maximum absolute atomic E-state index is 8.56. The number of hydrogen-bond acceptors (Lipinski definition) is 3. The van der Waals surface area contributed by atoms with Crippen molar-refractivity contribution in [2.45, 2.75) is 0 Å². The first kappa shape index (κ1) is 25.1. The Hall–Kier alpha value is 0.736. The SMILES string of the molecule is O=C(O)O.[Mg+2].[SH-].[SH-]. The van der Waals surface area contributed by atoms with E-state index in [1.165, 1.54) is 0 Å². The average molecular weight is 152 g/mol. The van der Waals surface area contributed by atoms with Crippen molar-refractivity contribution in [3.05, 3.63) is 0 Å². The molecule has 0 bridgehead atoms. The first-order valence-corrected chi connectivity index (χ1v) is 0.651. The van der Waals surface area contributed by atoms with Crippen LogP contribution in [0.3, 0.4) is 0 Å². The molecule has 0 aromatic heterocycles. The van der Waals surface area contributed by atoms with Crippen LogP contribution in [-0.4, -0.2) is 39.4 Å². The predicted molar refractivity (Wildman–Crippen MR) is 33.9 cm³/mol. The van der Waals surface area contributed by atoms with E-state index < -0.39 is 6.16 Å². The summed E-state index contributed by atoms with van der Waals surface area (Å²) in [5.74, 6) is 0. The summed E-state index contributed by atoms with van der Waals surface area (Å²) >= 11 is 0. The summed E-state index contributed by atoms with van der Waals surface area (Å²) in [6, 6.07) is 0. The van der Waals surface area contributed by atoms with Crippen LogP contribution in [0.25, 0.3) is 0 Å². The maximum Gasteiger partial charge on any atom is 2.00 e. The Morgan fingerprint density at radius 1 is 1.14 bits per heavy atom. The van der Waals surface area contributed by atoms with E-state index in [4.69, 9.17) is 15.0 Å². The summed E-state index contributed by atoms with van der Waals surface area (Å²) in [4.78, 5) is 8.56. The van der Waals surface area contributed by atoms with Gasteiger partial charge in [-0.3, -0.25) is 0 Å². The van der Waals surface area contributed by atoms with E-state index in [9.17, 15) is 0 Å². The van der Waals surface area contributed by atoms with Crippen molar-refractivity contribution in [2.24, 2.45) is 0 Å². The second-order valence-corrected chi connectivity index (χ2v) is 0.283. The molecule has 0 aromatic carbocycles. The third kappa shape index (κ3) is 279. The van der Waals surface area contributed by atoms with Gasteiger partial charge in [-0.05, 0) is 0 Å². The van der Waals surface area contributed by atoms with Crippen molar-refractivity contribution >= 4 is 56.2 Å². The molecule has 0 aliphatic carbocycles. The molecule has 0 atom stereocenters. The summed E-state index contributed by atoms with van der Waals surface area (Å²) in [5.41, 5.74) is 0. The van der Waals surface area contributed by atoms with Crippen LogP contribution in [0.5, 0.6) is 0 Å². The molecule has 3 nitrogen and oxygen atoms in total. The number of thiol groups is 2. The van der Waals surface area contributed by atoms with Gasteiger partial charge in [0.1, 0.15) is 0 Å². The Balaban J connectivity index is -0.0000000150. The van der Waals surface area contributed by atoms with Gasteiger partial charge in [-0.2, -0.15) is 0 Å². The van der Waals surface area contributed by atoms with E-state index in [0.717, 1.165) is 0 Å². The Bertz CT molecular complexity index is 35.9. The molecule has 2 N–H and O–H groups in total. The molecule has 6 heteroatoms. The molecule has 0 aromatic rings. The molecule has 0 heterocycles. The monoisotopic (exact) mass is 152 g/mol. The third-order valence-corrected chi connectivity index (χ3v) is 0. The van der Waals surface area contributed by atoms with E-state index >= 15 is 0 Å². The molecule has 7 heavy (non-hydrogen) atoms. The molecule has 0 unspecified atom stereocenters. The largest absolute Gasteiger partial charge is 2.00 e. The van der Waals surface area contributed by atoms with Gasteiger partial charge >= 0.3 is 29.2 Å². The number of rotatable bonds is 0. The third-order valence-electron chi connectivity index (χ3n) is 0. The summed E-state index contributed by atoms with van der Waals surface area (Å²) < 4.78 is 0. The minimum absolute atomic E-state index is 0. The molecule has 0 saturated heterocycles. The average Bonchev–Trinajstić information content (AvgIpc) is 0.811. The zero-order valence-electron chi connectivity index (χ0n) is 3.40. The first-order chi connectivity index (χ1) is 1.73. The van der Waals surface area contributed by atoms with Crippen LogP contribution in [0.4, 0.5) is 4.79 Å². The second kappa shape index (κ2) is 15.9. The van der Waals surface area contributed by atoms with Crippen molar-refractivity contribution < 1.29 is 15.0 Å². The quantitative estimate of drug-likeness (QED) is 0.273. The van der Waals surface area contributed by atoms with Crippen molar-refractivity contribution in [3.8, 4) is 0 Å². The van der Waals surface area contributed by atoms with E-state index in [1.54, 1.807) is 0 Å². The van der Waals surface area contributed by atoms with Gasteiger partial charge in [0.15, 0.2) is 0 Å². The zero-order chi connectivity index (χ0) is 3.58. The zero-order valence-corrected chi connectivity index (χ0v) is 6.61. The van der Waals surface area contributed by atoms with Gasteiger partial charge in [-0.1, -0.05) is 0 Å². The van der Waals surface area contributed by atoms with E-state index in [0.29, 0.717) is 0 Å². The fraction of sp³-hybridized carbons (Fsp3) is 0. The van der Waals surface area contributed by atoms with Gasteiger partial charge in [0.25, 0.3) is 0 Å². The molecule has 0 fully saturated rings. The fourth-order valence-corrected chi connectivity index (χ4v) is 0. The van der Waals surface area contributed by atoms with Gasteiger partial charge in [0.2, 0.25) is 0 Å². The minimum atomic E-state index is -1.83. The summed E-state index contributed by atoms with van der Waals surface area (Å²) in [7, 11) is 0. The molecule has 0 aliphatic rings. The molecule has 0 spiro atoms. The van der Waals surface area contributed by atoms with Crippen molar-refractivity contribution in [1.29, 1.82) is 0 Å². The molecule has 0 rings (SSSR count). The van der Waals surface area contributed by atoms with Crippen LogP contribution in [0.1, 0.15) is 0 Å². The van der Waals surface area contributed by atoms with Crippen LogP contribution in [-0.2, 0) is 27.0 Å². The normalized spacial score (nSPS) is 3.43. The summed E-state index contributed by atoms with van der Waals surface area (Å²) in [6.07, 6.45) is -1.83. The molecule has 0 radical (unpaired) electrons. The molecule has 0 amide bonds. The molecule has 0 aliphatic heterocycles. The molecular weight excluding hydrogens is 148 g/mol. The predicted octanol–water partition coefficient (Wildman–Crippen LogP) is -0.699. The Morgan fingerprint density at radius 3 is 1.14 bits per heavy atom. The van der Waals surface area contributed by atoms with Crippen LogP contribution < -0.4 is 0 Å². The van der Waals surface area contributed by atoms with Crippen LogP contribution in [0, 0.1) is 0 Å². The fourth-order valence-electron chi connectivity index (χ4n) is 0. The van der Waals surface area contributed by atoms with Gasteiger partial charge in [0, 0.05) is 0 Å². The van der Waals surface area contributed by atoms with E-state index in [2.05, 4.69) is 0 Å². The Labute approximate surface area is 71.1 Å². The van der Waals surface area contributed by atoms with Crippen molar-refractivity contribution in [1.82, 2.24) is 0 Å². The summed E-state index contributed by atoms with van der Waals surface area (Å²) in [6.45, 7) is 0. The maximum atomic E-state index is 8.56. The van der Waals surface area contributed by atoms with Gasteiger partial charge < -0.3 is 37.2 Å². The Morgan fingerprint density at radius 2 is 1.14 bits per heavy atom. The minimum Gasteiger partial charge on any atom is -0.813 e. The van der Waals surface area contributed by atoms with Crippen LogP contribution in [0.2, 0.25) is 0 Å². The number of hydrogen-bond donors (Lipinski definition) is 2. The summed E-state index contributed by atoms with van der Waals surface area (Å²) in [5, 5.41) is 13.9. The number of carboxylic acid groups (broad SMARTS) is 2. The second-order valence-electron chi connectivity index (χ2n) is 0.283. The smallest absolute Gasteiger partial charge is 0.813 e. The Kier molecular flexibility index (Phi) is 57.0. The van der Waals surface area contributed by atoms with Crippen LogP contribution >= 0.6 is 0 Å². The number of carbonyl (C=O) groups is 1. The van der Waals surface area contributed by atoms with Gasteiger partial charge in [-0.25, -0.2) is 4.79 Å². The van der Waals surface area contributed by atoms with Crippen molar-refractivity contribution in [2.75, 3.05) is 0 Å². The topological polar surface area (TPSA) is 57.5 Å². The standard InChI is InChI=1S/CH2O3.Mg.2H2S/c2-1(3)4;;;/h(H2,2,3,4);;2*1H2/q;+2;;/p-2. The van der Waals surface area contributed by atoms with Crippen LogP contribution in [0.15, 0.2) is 0 Å². The van der Waals surface area contributed by atoms with Gasteiger partial charge in [0.05, 0.1) is 0 Å². The van der Waals surface area contributed by atoms with Crippen molar-refractivity contribution in [3.63, 3.8) is 0 Å². The molecule has 0 saturated carbocycles. The molecular formula is CH4MgO3S2. The first-order valence-electron chi connectivity index (χ1n) is 0.651. The van der Waals surface area contributed by atoms with E-state index in [-0.39, 0.29) is 50.0 Å².